The van der Waals surface area contributed by atoms with E-state index in [1.807, 2.05) is 0 Å². The van der Waals surface area contributed by atoms with E-state index in [1.54, 1.807) is 26.0 Å². The van der Waals surface area contributed by atoms with Crippen LogP contribution in [0.4, 0.5) is 5.69 Å². The molecule has 6 nitrogen and oxygen atoms in total. The van der Waals surface area contributed by atoms with E-state index in [1.165, 1.54) is 6.07 Å². The van der Waals surface area contributed by atoms with Crippen LogP contribution in [0.15, 0.2) is 22.7 Å². The predicted molar refractivity (Wildman–Crippen MR) is 55.9 cm³/mol. The van der Waals surface area contributed by atoms with E-state index in [9.17, 15) is 10.1 Å². The van der Waals surface area contributed by atoms with Gasteiger partial charge in [0.2, 0.25) is 0 Å². The Bertz CT molecular complexity index is 548. The zero-order valence-electron chi connectivity index (χ0n) is 8.80. The first-order chi connectivity index (χ1) is 7.59. The molecule has 0 saturated heterocycles. The highest BCUT2D eigenvalue weighted by atomic mass is 16.6. The Morgan fingerprint density at radius 1 is 1.38 bits per heavy atom. The van der Waals surface area contributed by atoms with Crippen molar-refractivity contribution in [3.8, 4) is 11.5 Å². The Morgan fingerprint density at radius 3 is 2.69 bits per heavy atom. The molecule has 82 valence electrons. The molecule has 0 aliphatic heterocycles. The summed E-state index contributed by atoms with van der Waals surface area (Å²) in [6.45, 7) is 3.35. The van der Waals surface area contributed by atoms with Gasteiger partial charge in [0.05, 0.1) is 4.92 Å². The maximum atomic E-state index is 10.7. The molecular formula is C10H9N3O3. The first-order valence-electron chi connectivity index (χ1n) is 4.64. The fraction of sp³-hybridized carbons (Fsp3) is 0.200. The third-order valence-electron chi connectivity index (χ3n) is 2.26. The van der Waals surface area contributed by atoms with E-state index in [0.717, 1.165) is 0 Å². The summed E-state index contributed by atoms with van der Waals surface area (Å²) >= 11 is 0. The zero-order valence-corrected chi connectivity index (χ0v) is 8.80. The summed E-state index contributed by atoms with van der Waals surface area (Å²) < 4.78 is 4.98. The number of aromatic nitrogens is 2. The number of nitrogens with zero attached hydrogens (tertiary/aromatic N) is 3. The molecule has 0 aliphatic carbocycles. The quantitative estimate of drug-likeness (QED) is 0.571. The third kappa shape index (κ3) is 1.65. The normalized spacial score (nSPS) is 10.4. The lowest BCUT2D eigenvalue weighted by Crippen LogP contribution is -1.93. The smallest absolute Gasteiger partial charge is 0.273 e. The lowest BCUT2D eigenvalue weighted by atomic mass is 10.1. The maximum Gasteiger partial charge on any atom is 0.273 e. The van der Waals surface area contributed by atoms with Crippen molar-refractivity contribution in [2.24, 2.45) is 0 Å². The summed E-state index contributed by atoms with van der Waals surface area (Å²) in [5.74, 6) is 0.805. The van der Waals surface area contributed by atoms with Crippen molar-refractivity contribution >= 4 is 5.69 Å². The predicted octanol–water partition coefficient (Wildman–Crippen LogP) is 2.26. The number of nitro groups is 1. The van der Waals surface area contributed by atoms with Gasteiger partial charge in [-0.05, 0) is 19.9 Å². The summed E-state index contributed by atoms with van der Waals surface area (Å²) in [4.78, 5) is 14.4. The monoisotopic (exact) mass is 219 g/mol. The third-order valence-corrected chi connectivity index (χ3v) is 2.26. The van der Waals surface area contributed by atoms with Gasteiger partial charge in [0.1, 0.15) is 0 Å². The minimum Gasteiger partial charge on any atom is -0.334 e. The first-order valence-corrected chi connectivity index (χ1v) is 4.64. The van der Waals surface area contributed by atoms with Gasteiger partial charge in [0, 0.05) is 17.2 Å². The highest BCUT2D eigenvalue weighted by molar-refractivity contribution is 5.64. The van der Waals surface area contributed by atoms with Crippen LogP contribution in [0.25, 0.3) is 11.5 Å². The topological polar surface area (TPSA) is 82.1 Å². The molecule has 1 aromatic heterocycles. The molecule has 0 radical (unpaired) electrons. The number of hydrogen-bond acceptors (Lipinski definition) is 5. The molecule has 0 aliphatic rings. The Hall–Kier alpha value is -2.24. The van der Waals surface area contributed by atoms with Gasteiger partial charge in [-0.2, -0.15) is 4.98 Å². The minimum atomic E-state index is -0.429. The number of benzene rings is 1. The van der Waals surface area contributed by atoms with Crippen molar-refractivity contribution in [1.29, 1.82) is 0 Å². The van der Waals surface area contributed by atoms with E-state index >= 15 is 0 Å². The van der Waals surface area contributed by atoms with Gasteiger partial charge in [0.25, 0.3) is 11.6 Å². The number of rotatable bonds is 2. The molecule has 0 amide bonds. The Labute approximate surface area is 91.1 Å². The molecule has 1 heterocycles. The van der Waals surface area contributed by atoms with Crippen LogP contribution in [0.3, 0.4) is 0 Å². The van der Waals surface area contributed by atoms with E-state index in [-0.39, 0.29) is 5.69 Å². The molecule has 6 heteroatoms. The molecule has 2 rings (SSSR count). The molecule has 0 unspecified atom stereocenters. The average molecular weight is 219 g/mol. The molecule has 1 aromatic carbocycles. The summed E-state index contributed by atoms with van der Waals surface area (Å²) in [7, 11) is 0. The molecule has 2 aromatic rings. The van der Waals surface area contributed by atoms with Crippen molar-refractivity contribution in [1.82, 2.24) is 10.1 Å². The molecule has 0 spiro atoms. The lowest BCUT2D eigenvalue weighted by molar-refractivity contribution is -0.385. The van der Waals surface area contributed by atoms with Gasteiger partial charge < -0.3 is 4.52 Å². The van der Waals surface area contributed by atoms with Crippen LogP contribution in [-0.2, 0) is 0 Å². The number of hydrogen-bond donors (Lipinski definition) is 0. The molecule has 0 saturated carbocycles. The Morgan fingerprint density at radius 2 is 2.12 bits per heavy atom. The first kappa shape index (κ1) is 10.3. The van der Waals surface area contributed by atoms with Crippen LogP contribution in [0.2, 0.25) is 0 Å². The molecule has 0 atom stereocenters. The zero-order chi connectivity index (χ0) is 11.7. The SMILES string of the molecule is Cc1noc(-c2cccc([N+](=O)[O-])c2C)n1. The van der Waals surface area contributed by atoms with Gasteiger partial charge in [-0.25, -0.2) is 0 Å². The standard InChI is InChI=1S/C10H9N3O3/c1-6-8(10-11-7(2)12-16-10)4-3-5-9(6)13(14)15/h3-5H,1-2H3. The summed E-state index contributed by atoms with van der Waals surface area (Å²) in [6, 6.07) is 4.76. The molecule has 0 bridgehead atoms. The van der Waals surface area contributed by atoms with E-state index in [4.69, 9.17) is 4.52 Å². The fourth-order valence-corrected chi connectivity index (χ4v) is 1.46. The van der Waals surface area contributed by atoms with Crippen LogP contribution in [0.1, 0.15) is 11.4 Å². The summed E-state index contributed by atoms with van der Waals surface area (Å²) in [5.41, 5.74) is 1.17. The van der Waals surface area contributed by atoms with Gasteiger partial charge >= 0.3 is 0 Å². The van der Waals surface area contributed by atoms with E-state index < -0.39 is 4.92 Å². The van der Waals surface area contributed by atoms with Gasteiger partial charge in [-0.15, -0.1) is 0 Å². The molecule has 16 heavy (non-hydrogen) atoms. The maximum absolute atomic E-state index is 10.7. The van der Waals surface area contributed by atoms with Crippen molar-refractivity contribution in [3.63, 3.8) is 0 Å². The van der Waals surface area contributed by atoms with Crippen LogP contribution in [-0.4, -0.2) is 15.1 Å². The highest BCUT2D eigenvalue weighted by Gasteiger charge is 2.17. The Kier molecular flexibility index (Phi) is 2.40. The summed E-state index contributed by atoms with van der Waals surface area (Å²) in [5, 5.41) is 14.4. The van der Waals surface area contributed by atoms with Crippen molar-refractivity contribution in [2.75, 3.05) is 0 Å². The number of aryl methyl sites for hydroxylation is 1. The van der Waals surface area contributed by atoms with Crippen LogP contribution in [0, 0.1) is 24.0 Å². The Balaban J connectivity index is 2.58. The minimum absolute atomic E-state index is 0.0494. The van der Waals surface area contributed by atoms with Gasteiger partial charge in [0.15, 0.2) is 5.82 Å². The van der Waals surface area contributed by atoms with E-state index in [2.05, 4.69) is 10.1 Å². The van der Waals surface area contributed by atoms with Crippen LogP contribution >= 0.6 is 0 Å². The second kappa shape index (κ2) is 3.73. The number of nitro benzene ring substituents is 1. The summed E-state index contributed by atoms with van der Waals surface area (Å²) in [6.07, 6.45) is 0. The van der Waals surface area contributed by atoms with Crippen LogP contribution in [0.5, 0.6) is 0 Å². The van der Waals surface area contributed by atoms with Gasteiger partial charge in [-0.3, -0.25) is 10.1 Å². The fourth-order valence-electron chi connectivity index (χ4n) is 1.46. The molecular weight excluding hydrogens is 210 g/mol. The van der Waals surface area contributed by atoms with E-state index in [0.29, 0.717) is 22.8 Å². The van der Waals surface area contributed by atoms with Crippen LogP contribution < -0.4 is 0 Å². The average Bonchev–Trinajstić information content (AvgIpc) is 2.64. The van der Waals surface area contributed by atoms with Crippen molar-refractivity contribution in [2.45, 2.75) is 13.8 Å². The largest absolute Gasteiger partial charge is 0.334 e. The molecule has 0 N–H and O–H groups in total. The highest BCUT2D eigenvalue weighted by Crippen LogP contribution is 2.28. The van der Waals surface area contributed by atoms with Gasteiger partial charge in [-0.1, -0.05) is 11.2 Å². The second-order valence-electron chi connectivity index (χ2n) is 3.35. The van der Waals surface area contributed by atoms with Crippen molar-refractivity contribution in [3.05, 3.63) is 39.7 Å². The lowest BCUT2D eigenvalue weighted by Gasteiger charge is -2.00. The van der Waals surface area contributed by atoms with Crippen molar-refractivity contribution < 1.29 is 9.45 Å². The second-order valence-corrected chi connectivity index (χ2v) is 3.35. The molecule has 0 fully saturated rings.